The zero-order chi connectivity index (χ0) is 21.3. The maximum atomic E-state index is 14.4. The summed E-state index contributed by atoms with van der Waals surface area (Å²) in [5.74, 6) is -4.46. The van der Waals surface area contributed by atoms with Gasteiger partial charge in [-0.15, -0.1) is 0 Å². The number of nitrogens with zero attached hydrogens (tertiary/aromatic N) is 1. The first-order chi connectivity index (χ1) is 12.9. The summed E-state index contributed by atoms with van der Waals surface area (Å²) in [6.45, 7) is 0.704. The van der Waals surface area contributed by atoms with Crippen LogP contribution in [0.15, 0.2) is 35.3 Å². The summed E-state index contributed by atoms with van der Waals surface area (Å²) in [6, 6.07) is 3.49. The number of carbonyl (C=O) groups is 1. The molecular weight excluding hydrogens is 401 g/mol. The standard InChI is InChI=1S/C17H17F3N2O5S/c1-17(16(24)21-25,28(2,26)27)5-6-22-9-14(20)11(8-15(22)23)10-3-4-12(18)13(19)7-10/h3-4,7-9,25H,5-6H2,1-2H3,(H,21,24)/t17-/m1/s1. The molecule has 0 saturated carbocycles. The van der Waals surface area contributed by atoms with Gasteiger partial charge in [0.15, 0.2) is 26.2 Å². The van der Waals surface area contributed by atoms with Crippen molar-refractivity contribution >= 4 is 15.7 Å². The second-order valence-electron chi connectivity index (χ2n) is 6.39. The fraction of sp³-hybridized carbons (Fsp3) is 0.294. The third kappa shape index (κ3) is 4.09. The Labute approximate surface area is 158 Å². The van der Waals surface area contributed by atoms with Gasteiger partial charge in [0.05, 0.1) is 0 Å². The number of hydroxylamine groups is 1. The molecule has 28 heavy (non-hydrogen) atoms. The van der Waals surface area contributed by atoms with Gasteiger partial charge in [0.2, 0.25) is 0 Å². The van der Waals surface area contributed by atoms with Crippen LogP contribution in [0.3, 0.4) is 0 Å². The number of pyridine rings is 1. The Balaban J connectivity index is 2.38. The van der Waals surface area contributed by atoms with Gasteiger partial charge in [-0.05, 0) is 31.0 Å². The highest BCUT2D eigenvalue weighted by atomic mass is 32.2. The SMILES string of the molecule is C[C@@](CCn1cc(F)c(-c2ccc(F)c(F)c2)cc1=O)(C(=O)NO)S(C)(=O)=O. The van der Waals surface area contributed by atoms with Crippen molar-refractivity contribution in [2.24, 2.45) is 0 Å². The summed E-state index contributed by atoms with van der Waals surface area (Å²) in [5.41, 5.74) is 0.201. The molecular formula is C17H17F3N2O5S. The van der Waals surface area contributed by atoms with E-state index in [2.05, 4.69) is 0 Å². The van der Waals surface area contributed by atoms with Gasteiger partial charge in [-0.2, -0.15) is 0 Å². The number of halogens is 3. The summed E-state index contributed by atoms with van der Waals surface area (Å²) < 4.78 is 63.4. The third-order valence-corrected chi connectivity index (χ3v) is 6.56. The van der Waals surface area contributed by atoms with Crippen LogP contribution in [0.2, 0.25) is 0 Å². The number of hydrogen-bond acceptors (Lipinski definition) is 5. The van der Waals surface area contributed by atoms with E-state index in [1.807, 2.05) is 0 Å². The first-order valence-corrected chi connectivity index (χ1v) is 9.79. The Morgan fingerprint density at radius 1 is 1.18 bits per heavy atom. The number of carbonyl (C=O) groups excluding carboxylic acids is 1. The fourth-order valence-electron chi connectivity index (χ4n) is 2.52. The molecule has 1 heterocycles. The number of aromatic nitrogens is 1. The minimum atomic E-state index is -3.99. The average molecular weight is 418 g/mol. The number of sulfone groups is 1. The fourth-order valence-corrected chi connectivity index (χ4v) is 3.37. The number of nitrogens with one attached hydrogen (secondary N) is 1. The van der Waals surface area contributed by atoms with E-state index in [9.17, 15) is 31.2 Å². The zero-order valence-electron chi connectivity index (χ0n) is 14.9. The average Bonchev–Trinajstić information content (AvgIpc) is 2.62. The molecule has 0 unspecified atom stereocenters. The van der Waals surface area contributed by atoms with Crippen molar-refractivity contribution < 1.29 is 31.6 Å². The van der Waals surface area contributed by atoms with Crippen LogP contribution in [-0.4, -0.2) is 35.1 Å². The molecule has 0 fully saturated rings. The smallest absolute Gasteiger partial charge is 0.264 e. The number of rotatable bonds is 6. The Morgan fingerprint density at radius 3 is 2.36 bits per heavy atom. The lowest BCUT2D eigenvalue weighted by atomic mass is 10.1. The molecule has 11 heteroatoms. The highest BCUT2D eigenvalue weighted by Gasteiger charge is 2.43. The predicted octanol–water partition coefficient (Wildman–Crippen LogP) is 1.63. The van der Waals surface area contributed by atoms with E-state index in [1.165, 1.54) is 5.48 Å². The summed E-state index contributed by atoms with van der Waals surface area (Å²) in [7, 11) is -3.99. The summed E-state index contributed by atoms with van der Waals surface area (Å²) in [5, 5.41) is 8.78. The van der Waals surface area contributed by atoms with Crippen molar-refractivity contribution in [1.29, 1.82) is 0 Å². The Hall–Kier alpha value is -2.66. The van der Waals surface area contributed by atoms with Gasteiger partial charge >= 0.3 is 0 Å². The van der Waals surface area contributed by atoms with E-state index in [0.717, 1.165) is 48.2 Å². The minimum Gasteiger partial charge on any atom is -0.312 e. The third-order valence-electron chi connectivity index (χ3n) is 4.54. The number of aryl methyl sites for hydroxylation is 1. The van der Waals surface area contributed by atoms with Crippen LogP contribution in [0, 0.1) is 17.5 Å². The molecule has 2 N–H and O–H groups in total. The molecule has 0 saturated heterocycles. The molecule has 1 aromatic heterocycles. The van der Waals surface area contributed by atoms with E-state index >= 15 is 0 Å². The molecule has 152 valence electrons. The van der Waals surface area contributed by atoms with Crippen molar-refractivity contribution in [1.82, 2.24) is 10.0 Å². The lowest BCUT2D eigenvalue weighted by Crippen LogP contribution is -2.50. The molecule has 0 radical (unpaired) electrons. The van der Waals surface area contributed by atoms with Crippen molar-refractivity contribution in [3.63, 3.8) is 0 Å². The van der Waals surface area contributed by atoms with Crippen LogP contribution in [0.1, 0.15) is 13.3 Å². The van der Waals surface area contributed by atoms with Gasteiger partial charge in [-0.25, -0.2) is 27.1 Å². The molecule has 0 aliphatic carbocycles. The molecule has 1 atom stereocenters. The minimum absolute atomic E-state index is 0.0544. The lowest BCUT2D eigenvalue weighted by molar-refractivity contribution is -0.131. The van der Waals surface area contributed by atoms with E-state index in [1.54, 1.807) is 0 Å². The number of amides is 1. The largest absolute Gasteiger partial charge is 0.312 e. The zero-order valence-corrected chi connectivity index (χ0v) is 15.7. The molecule has 0 aliphatic heterocycles. The van der Waals surface area contributed by atoms with Crippen LogP contribution in [0.25, 0.3) is 11.1 Å². The van der Waals surface area contributed by atoms with E-state index in [0.29, 0.717) is 0 Å². The quantitative estimate of drug-likeness (QED) is 0.548. The number of benzene rings is 1. The van der Waals surface area contributed by atoms with Crippen molar-refractivity contribution in [2.45, 2.75) is 24.6 Å². The molecule has 1 amide bonds. The van der Waals surface area contributed by atoms with Gasteiger partial charge in [0, 0.05) is 30.6 Å². The van der Waals surface area contributed by atoms with Gasteiger partial charge in [-0.3, -0.25) is 14.8 Å². The molecule has 1 aromatic carbocycles. The van der Waals surface area contributed by atoms with Crippen molar-refractivity contribution in [2.75, 3.05) is 6.26 Å². The van der Waals surface area contributed by atoms with Gasteiger partial charge in [0.25, 0.3) is 11.5 Å². The van der Waals surface area contributed by atoms with Gasteiger partial charge in [-0.1, -0.05) is 6.07 Å². The van der Waals surface area contributed by atoms with E-state index in [-0.39, 0.29) is 17.7 Å². The molecule has 7 nitrogen and oxygen atoms in total. The second kappa shape index (κ2) is 7.76. The van der Waals surface area contributed by atoms with Gasteiger partial charge < -0.3 is 4.57 Å². The highest BCUT2D eigenvalue weighted by Crippen LogP contribution is 2.25. The topological polar surface area (TPSA) is 105 Å². The van der Waals surface area contributed by atoms with Crippen molar-refractivity contribution in [3.05, 3.63) is 58.3 Å². The van der Waals surface area contributed by atoms with E-state index in [4.69, 9.17) is 5.21 Å². The predicted molar refractivity (Wildman–Crippen MR) is 93.8 cm³/mol. The first kappa shape index (κ1) is 21.6. The first-order valence-electron chi connectivity index (χ1n) is 7.90. The Bertz CT molecular complexity index is 1080. The van der Waals surface area contributed by atoms with E-state index < -0.39 is 49.9 Å². The molecule has 0 aliphatic rings. The maximum Gasteiger partial charge on any atom is 0.264 e. The van der Waals surface area contributed by atoms with Crippen LogP contribution in [0.5, 0.6) is 0 Å². The van der Waals surface area contributed by atoms with Crippen LogP contribution in [0.4, 0.5) is 13.2 Å². The highest BCUT2D eigenvalue weighted by molar-refractivity contribution is 7.92. The van der Waals surface area contributed by atoms with Crippen LogP contribution in [-0.2, 0) is 21.2 Å². The lowest BCUT2D eigenvalue weighted by Gasteiger charge is -2.25. The number of hydrogen-bond donors (Lipinski definition) is 2. The van der Waals surface area contributed by atoms with Crippen LogP contribution < -0.4 is 11.0 Å². The molecule has 0 bridgehead atoms. The monoisotopic (exact) mass is 418 g/mol. The Morgan fingerprint density at radius 2 is 1.82 bits per heavy atom. The summed E-state index contributed by atoms with van der Waals surface area (Å²) in [4.78, 5) is 24.0. The molecule has 2 rings (SSSR count). The van der Waals surface area contributed by atoms with Crippen molar-refractivity contribution in [3.8, 4) is 11.1 Å². The normalized spacial score (nSPS) is 13.8. The summed E-state index contributed by atoms with van der Waals surface area (Å²) in [6.07, 6.45) is 1.14. The molecule has 0 spiro atoms. The van der Waals surface area contributed by atoms with Gasteiger partial charge in [0.1, 0.15) is 5.82 Å². The second-order valence-corrected chi connectivity index (χ2v) is 8.83. The summed E-state index contributed by atoms with van der Waals surface area (Å²) >= 11 is 0. The van der Waals surface area contributed by atoms with Crippen LogP contribution >= 0.6 is 0 Å². The maximum absolute atomic E-state index is 14.4. The molecule has 2 aromatic rings. The Kier molecular flexibility index (Phi) is 6.00.